The first kappa shape index (κ1) is 16.3. The molecule has 2 rings (SSSR count). The maximum atomic E-state index is 12.8. The molecule has 6 heteroatoms. The number of benzene rings is 1. The quantitative estimate of drug-likeness (QED) is 0.788. The van der Waals surface area contributed by atoms with Crippen molar-refractivity contribution in [2.45, 2.75) is 36.8 Å². The largest absolute Gasteiger partial charge is 0.244 e. The van der Waals surface area contributed by atoms with Crippen LogP contribution < -0.4 is 0 Å². The van der Waals surface area contributed by atoms with Crippen LogP contribution in [-0.2, 0) is 10.0 Å². The Morgan fingerprint density at radius 3 is 2.65 bits per heavy atom. The first-order chi connectivity index (χ1) is 9.22. The van der Waals surface area contributed by atoms with Crippen LogP contribution in [-0.4, -0.2) is 36.3 Å². The first-order valence-corrected chi connectivity index (χ1v) is 9.84. The highest BCUT2D eigenvalue weighted by atomic mass is 79.9. The Morgan fingerprint density at radius 1 is 1.30 bits per heavy atom. The van der Waals surface area contributed by atoms with E-state index in [1.165, 1.54) is 0 Å². The first-order valence-electron chi connectivity index (χ1n) is 6.63. The summed E-state index contributed by atoms with van der Waals surface area (Å²) in [5.41, 5.74) is 1.04. The third-order valence-corrected chi connectivity index (χ3v) is 7.75. The number of hydrogen-bond acceptors (Lipinski definition) is 3. The maximum absolute atomic E-state index is 12.8. The fourth-order valence-corrected chi connectivity index (χ4v) is 6.01. The smallest absolute Gasteiger partial charge is 0.207 e. The van der Waals surface area contributed by atoms with Crippen LogP contribution in [0, 0.1) is 6.92 Å². The van der Waals surface area contributed by atoms with Gasteiger partial charge in [0.05, 0.1) is 4.90 Å². The molecule has 3 nitrogen and oxygen atoms in total. The fraction of sp³-hybridized carbons (Fsp3) is 0.571. The van der Waals surface area contributed by atoms with Gasteiger partial charge in [0.1, 0.15) is 0 Å². The lowest BCUT2D eigenvalue weighted by atomic mass is 10.1. The molecule has 112 valence electrons. The summed E-state index contributed by atoms with van der Waals surface area (Å²) in [6, 6.07) is 5.38. The molecule has 20 heavy (non-hydrogen) atoms. The standard InChI is InChI=1S/C14H20BrNO2S2/c1-11-4-5-13(12(15)10-11)20(17,18)16-7-6-14(2,3)19-9-8-16/h4-5,10H,6-9H2,1-3H3. The van der Waals surface area contributed by atoms with Crippen LogP contribution in [0.1, 0.15) is 25.8 Å². The molecule has 1 aliphatic heterocycles. The van der Waals surface area contributed by atoms with E-state index in [1.54, 1.807) is 10.4 Å². The average molecular weight is 378 g/mol. The summed E-state index contributed by atoms with van der Waals surface area (Å²) in [6.45, 7) is 7.47. The lowest BCUT2D eigenvalue weighted by molar-refractivity contribution is 0.415. The zero-order valence-electron chi connectivity index (χ0n) is 12.0. The van der Waals surface area contributed by atoms with Crippen molar-refractivity contribution in [3.63, 3.8) is 0 Å². The molecule has 1 saturated heterocycles. The Kier molecular flexibility index (Phi) is 4.89. The minimum absolute atomic E-state index is 0.148. The predicted octanol–water partition coefficient (Wildman–Crippen LogP) is 3.66. The normalized spacial score (nSPS) is 20.6. The van der Waals surface area contributed by atoms with Crippen molar-refractivity contribution in [1.82, 2.24) is 4.31 Å². The topological polar surface area (TPSA) is 37.4 Å². The molecule has 0 N–H and O–H groups in total. The monoisotopic (exact) mass is 377 g/mol. The van der Waals surface area contributed by atoms with Crippen molar-refractivity contribution in [1.29, 1.82) is 0 Å². The minimum atomic E-state index is -3.41. The van der Waals surface area contributed by atoms with Gasteiger partial charge < -0.3 is 0 Å². The van der Waals surface area contributed by atoms with Gasteiger partial charge in [-0.05, 0) is 47.0 Å². The van der Waals surface area contributed by atoms with Crippen molar-refractivity contribution < 1.29 is 8.42 Å². The summed E-state index contributed by atoms with van der Waals surface area (Å²) in [5.74, 6) is 0.843. The van der Waals surface area contributed by atoms with Crippen LogP contribution in [0.4, 0.5) is 0 Å². The lowest BCUT2D eigenvalue weighted by Crippen LogP contribution is -2.33. The molecule has 0 aromatic heterocycles. The molecule has 0 atom stereocenters. The van der Waals surface area contributed by atoms with E-state index in [9.17, 15) is 8.42 Å². The maximum Gasteiger partial charge on any atom is 0.244 e. The van der Waals surface area contributed by atoms with E-state index >= 15 is 0 Å². The van der Waals surface area contributed by atoms with Crippen molar-refractivity contribution >= 4 is 37.7 Å². The van der Waals surface area contributed by atoms with Gasteiger partial charge in [-0.25, -0.2) is 8.42 Å². The number of thioether (sulfide) groups is 1. The Bertz CT molecular complexity index is 599. The summed E-state index contributed by atoms with van der Waals surface area (Å²) in [4.78, 5) is 0.368. The number of sulfonamides is 1. The van der Waals surface area contributed by atoms with Crippen molar-refractivity contribution in [3.05, 3.63) is 28.2 Å². The Balaban J connectivity index is 2.30. The van der Waals surface area contributed by atoms with E-state index in [0.717, 1.165) is 17.7 Å². The molecule has 1 aromatic carbocycles. The minimum Gasteiger partial charge on any atom is -0.207 e. The van der Waals surface area contributed by atoms with Gasteiger partial charge in [-0.1, -0.05) is 19.9 Å². The zero-order chi connectivity index (χ0) is 15.0. The van der Waals surface area contributed by atoms with Gasteiger partial charge in [-0.2, -0.15) is 16.1 Å². The molecule has 0 radical (unpaired) electrons. The molecule has 0 spiro atoms. The Labute approximate surface area is 134 Å². The van der Waals surface area contributed by atoms with Crippen molar-refractivity contribution in [2.75, 3.05) is 18.8 Å². The van der Waals surface area contributed by atoms with Crippen molar-refractivity contribution in [3.8, 4) is 0 Å². The number of hydrogen-bond donors (Lipinski definition) is 0. The third kappa shape index (κ3) is 3.59. The number of rotatable bonds is 2. The molecular formula is C14H20BrNO2S2. The van der Waals surface area contributed by atoms with Gasteiger partial charge in [0.15, 0.2) is 0 Å². The van der Waals surface area contributed by atoms with Gasteiger partial charge in [0.25, 0.3) is 0 Å². The molecule has 1 fully saturated rings. The second-order valence-electron chi connectivity index (χ2n) is 5.70. The molecule has 1 heterocycles. The highest BCUT2D eigenvalue weighted by molar-refractivity contribution is 9.10. The van der Waals surface area contributed by atoms with E-state index in [1.807, 2.05) is 30.8 Å². The van der Waals surface area contributed by atoms with E-state index in [4.69, 9.17) is 0 Å². The van der Waals surface area contributed by atoms with E-state index < -0.39 is 10.0 Å². The van der Waals surface area contributed by atoms with Gasteiger partial charge in [-0.3, -0.25) is 0 Å². The summed E-state index contributed by atoms with van der Waals surface area (Å²) in [7, 11) is -3.41. The third-order valence-electron chi connectivity index (χ3n) is 3.50. The summed E-state index contributed by atoms with van der Waals surface area (Å²) in [5, 5.41) is 0. The molecular weight excluding hydrogens is 358 g/mol. The van der Waals surface area contributed by atoms with Crippen LogP contribution in [0.3, 0.4) is 0 Å². The van der Waals surface area contributed by atoms with E-state index in [2.05, 4.69) is 29.8 Å². The Hall–Kier alpha value is -0.0400. The number of nitrogens with zero attached hydrogens (tertiary/aromatic N) is 1. The molecule has 1 aliphatic rings. The van der Waals surface area contributed by atoms with E-state index in [0.29, 0.717) is 22.5 Å². The van der Waals surface area contributed by atoms with Crippen LogP contribution in [0.25, 0.3) is 0 Å². The van der Waals surface area contributed by atoms with Gasteiger partial charge >= 0.3 is 0 Å². The number of aryl methyl sites for hydroxylation is 1. The molecule has 0 bridgehead atoms. The van der Waals surface area contributed by atoms with Crippen LogP contribution in [0.2, 0.25) is 0 Å². The molecule has 1 aromatic rings. The van der Waals surface area contributed by atoms with E-state index in [-0.39, 0.29) is 4.75 Å². The second kappa shape index (κ2) is 5.99. The SMILES string of the molecule is Cc1ccc(S(=O)(=O)N2CCSC(C)(C)CC2)c(Br)c1. The van der Waals surface area contributed by atoms with Gasteiger partial charge in [0.2, 0.25) is 10.0 Å². The number of halogens is 1. The second-order valence-corrected chi connectivity index (χ2v) is 10.3. The summed E-state index contributed by atoms with van der Waals surface area (Å²) >= 11 is 5.23. The van der Waals surface area contributed by atoms with Crippen LogP contribution >= 0.6 is 27.7 Å². The summed E-state index contributed by atoms with van der Waals surface area (Å²) < 4.78 is 27.9. The highest BCUT2D eigenvalue weighted by Gasteiger charge is 2.31. The Morgan fingerprint density at radius 2 is 2.00 bits per heavy atom. The molecule has 0 aliphatic carbocycles. The van der Waals surface area contributed by atoms with Gasteiger partial charge in [-0.15, -0.1) is 0 Å². The molecule has 0 amide bonds. The van der Waals surface area contributed by atoms with Crippen LogP contribution in [0.5, 0.6) is 0 Å². The van der Waals surface area contributed by atoms with Gasteiger partial charge in [0, 0.05) is 28.1 Å². The zero-order valence-corrected chi connectivity index (χ0v) is 15.2. The van der Waals surface area contributed by atoms with Crippen LogP contribution in [0.15, 0.2) is 27.6 Å². The fourth-order valence-electron chi connectivity index (χ4n) is 2.20. The lowest BCUT2D eigenvalue weighted by Gasteiger charge is -2.23. The molecule has 0 saturated carbocycles. The predicted molar refractivity (Wildman–Crippen MR) is 88.8 cm³/mol. The molecule has 0 unspecified atom stereocenters. The average Bonchev–Trinajstić information content (AvgIpc) is 2.50. The van der Waals surface area contributed by atoms with Crippen molar-refractivity contribution in [2.24, 2.45) is 0 Å². The highest BCUT2D eigenvalue weighted by Crippen LogP contribution is 2.33. The summed E-state index contributed by atoms with van der Waals surface area (Å²) in [6.07, 6.45) is 0.875.